The van der Waals surface area contributed by atoms with E-state index in [4.69, 9.17) is 15.5 Å². The fraction of sp³-hybridized carbons (Fsp3) is 0.571. The molecular weight excluding hydrogens is 426 g/mol. The zero-order valence-corrected chi connectivity index (χ0v) is 19.8. The highest BCUT2D eigenvalue weighted by molar-refractivity contribution is 5.95. The zero-order chi connectivity index (χ0) is 23.3. The molecule has 2 saturated heterocycles. The van der Waals surface area contributed by atoms with E-state index in [1.54, 1.807) is 0 Å². The van der Waals surface area contributed by atoms with Crippen LogP contribution in [-0.4, -0.2) is 59.3 Å². The highest BCUT2D eigenvalue weighted by atomic mass is 16.5. The van der Waals surface area contributed by atoms with E-state index in [-0.39, 0.29) is 12.0 Å². The van der Waals surface area contributed by atoms with Gasteiger partial charge in [0.2, 0.25) is 0 Å². The van der Waals surface area contributed by atoms with Crippen molar-refractivity contribution < 1.29 is 14.6 Å². The number of aliphatic hydroxyl groups excluding tert-OH is 1. The van der Waals surface area contributed by atoms with Crippen molar-refractivity contribution in [3.05, 3.63) is 53.3 Å². The number of hydrogen-bond acceptors (Lipinski definition) is 5. The first-order chi connectivity index (χ1) is 16.5. The van der Waals surface area contributed by atoms with E-state index < -0.39 is 5.91 Å². The topological polar surface area (TPSA) is 88.7 Å². The van der Waals surface area contributed by atoms with Gasteiger partial charge in [0.05, 0.1) is 17.4 Å². The summed E-state index contributed by atoms with van der Waals surface area (Å²) in [6.07, 6.45) is 8.45. The van der Waals surface area contributed by atoms with Crippen LogP contribution in [0.15, 0.2) is 36.5 Å². The predicted octanol–water partition coefficient (Wildman–Crippen LogP) is 3.62. The number of primary amides is 1. The van der Waals surface area contributed by atoms with E-state index in [0.29, 0.717) is 17.0 Å². The molecule has 2 atom stereocenters. The van der Waals surface area contributed by atoms with Gasteiger partial charge in [-0.05, 0) is 68.1 Å². The lowest BCUT2D eigenvalue weighted by atomic mass is 9.83. The normalized spacial score (nSPS) is 31.9. The quantitative estimate of drug-likeness (QED) is 0.710. The molecule has 0 radical (unpaired) electrons. The van der Waals surface area contributed by atoms with Gasteiger partial charge in [0.25, 0.3) is 5.91 Å². The molecule has 0 spiro atoms. The first kappa shape index (κ1) is 22.2. The molecule has 2 unspecified atom stereocenters. The Bertz CT molecular complexity index is 1060. The number of fused-ring (bicyclic) bond motifs is 1. The van der Waals surface area contributed by atoms with Gasteiger partial charge in [-0.2, -0.15) is 0 Å². The van der Waals surface area contributed by atoms with Crippen LogP contribution in [-0.2, 0) is 10.2 Å². The number of aromatic nitrogens is 1. The standard InChI is InChI=1S/C28H35N3O3/c29-27(33)25-13-20(15-30-26(25)19-3-7-24(32)8-4-19)18-1-5-21(6-2-18)28-14-22(28)16-31(17-28)23-9-11-34-12-10-23/h1-2,5-6,13,15,19,22-24,32H,3-4,7-12,14,16-17H2,(H2,29,33). The maximum atomic E-state index is 12.3. The molecule has 2 aliphatic heterocycles. The zero-order valence-electron chi connectivity index (χ0n) is 19.8. The van der Waals surface area contributed by atoms with Crippen molar-refractivity contribution in [3.63, 3.8) is 0 Å². The van der Waals surface area contributed by atoms with Crippen LogP contribution < -0.4 is 5.73 Å². The third kappa shape index (κ3) is 3.96. The Kier molecular flexibility index (Phi) is 5.71. The minimum atomic E-state index is -0.425. The van der Waals surface area contributed by atoms with Crippen molar-refractivity contribution in [1.82, 2.24) is 9.88 Å². The number of nitrogens with zero attached hydrogens (tertiary/aromatic N) is 2. The van der Waals surface area contributed by atoms with Gasteiger partial charge in [-0.15, -0.1) is 0 Å². The van der Waals surface area contributed by atoms with Crippen molar-refractivity contribution in [3.8, 4) is 11.1 Å². The number of aliphatic hydroxyl groups is 1. The summed E-state index contributed by atoms with van der Waals surface area (Å²) in [5, 5.41) is 9.83. The summed E-state index contributed by atoms with van der Waals surface area (Å²) in [7, 11) is 0. The summed E-state index contributed by atoms with van der Waals surface area (Å²) in [5.41, 5.74) is 10.8. The molecular formula is C28H35N3O3. The molecule has 1 amide bonds. The van der Waals surface area contributed by atoms with Gasteiger partial charge in [0.15, 0.2) is 0 Å². The van der Waals surface area contributed by atoms with E-state index >= 15 is 0 Å². The minimum absolute atomic E-state index is 0.189. The molecule has 2 saturated carbocycles. The van der Waals surface area contributed by atoms with Gasteiger partial charge in [0, 0.05) is 55.4 Å². The van der Waals surface area contributed by atoms with E-state index in [1.807, 2.05) is 12.3 Å². The van der Waals surface area contributed by atoms with Crippen molar-refractivity contribution in [1.29, 1.82) is 0 Å². The number of ether oxygens (including phenoxy) is 1. The van der Waals surface area contributed by atoms with Gasteiger partial charge in [-0.3, -0.25) is 14.7 Å². The summed E-state index contributed by atoms with van der Waals surface area (Å²) in [5.74, 6) is 0.540. The van der Waals surface area contributed by atoms with Gasteiger partial charge in [-0.25, -0.2) is 0 Å². The number of carbonyl (C=O) groups is 1. The number of benzene rings is 1. The fourth-order valence-corrected chi connectivity index (χ4v) is 6.80. The van der Waals surface area contributed by atoms with Crippen molar-refractivity contribution in [2.75, 3.05) is 26.3 Å². The molecule has 4 aliphatic rings. The maximum absolute atomic E-state index is 12.3. The van der Waals surface area contributed by atoms with Crippen LogP contribution in [0.4, 0.5) is 0 Å². The molecule has 6 heteroatoms. The van der Waals surface area contributed by atoms with Crippen LogP contribution >= 0.6 is 0 Å². The second-order valence-corrected chi connectivity index (χ2v) is 10.9. The molecule has 4 fully saturated rings. The lowest BCUT2D eigenvalue weighted by Crippen LogP contribution is -2.40. The fourth-order valence-electron chi connectivity index (χ4n) is 6.80. The van der Waals surface area contributed by atoms with Gasteiger partial charge >= 0.3 is 0 Å². The van der Waals surface area contributed by atoms with E-state index in [2.05, 4.69) is 29.2 Å². The summed E-state index contributed by atoms with van der Waals surface area (Å²) in [6.45, 7) is 4.19. The van der Waals surface area contributed by atoms with Crippen molar-refractivity contribution in [2.24, 2.45) is 11.7 Å². The summed E-state index contributed by atoms with van der Waals surface area (Å²) in [4.78, 5) is 19.7. The van der Waals surface area contributed by atoms with Crippen molar-refractivity contribution in [2.45, 2.75) is 68.4 Å². The number of nitrogens with two attached hydrogens (primary N) is 1. The number of amides is 1. The van der Waals surface area contributed by atoms with Gasteiger partial charge in [-0.1, -0.05) is 24.3 Å². The lowest BCUT2D eigenvalue weighted by molar-refractivity contribution is 0.0378. The van der Waals surface area contributed by atoms with Crippen LogP contribution in [0.1, 0.15) is 72.5 Å². The average Bonchev–Trinajstić information content (AvgIpc) is 3.45. The molecule has 6 rings (SSSR count). The Morgan fingerprint density at radius 1 is 1.06 bits per heavy atom. The lowest BCUT2D eigenvalue weighted by Gasteiger charge is -2.33. The molecule has 2 aromatic rings. The number of hydrogen-bond donors (Lipinski definition) is 2. The molecule has 180 valence electrons. The Morgan fingerprint density at radius 2 is 1.79 bits per heavy atom. The second kappa shape index (κ2) is 8.74. The first-order valence-electron chi connectivity index (χ1n) is 12.9. The monoisotopic (exact) mass is 461 g/mol. The highest BCUT2D eigenvalue weighted by Gasteiger charge is 2.61. The molecule has 1 aromatic carbocycles. The molecule has 34 heavy (non-hydrogen) atoms. The number of piperidine rings is 1. The van der Waals surface area contributed by atoms with Crippen LogP contribution in [0, 0.1) is 5.92 Å². The Morgan fingerprint density at radius 3 is 2.50 bits per heavy atom. The highest BCUT2D eigenvalue weighted by Crippen LogP contribution is 2.59. The third-order valence-electron chi connectivity index (χ3n) is 8.94. The van der Waals surface area contributed by atoms with E-state index in [0.717, 1.165) is 74.5 Å². The molecule has 0 bridgehead atoms. The van der Waals surface area contributed by atoms with Crippen LogP contribution in [0.5, 0.6) is 0 Å². The van der Waals surface area contributed by atoms with Crippen molar-refractivity contribution >= 4 is 5.91 Å². The SMILES string of the molecule is NC(=O)c1cc(-c2ccc(C34CC3CN(C3CCOCC3)C4)cc2)cnc1C1CCC(O)CC1. The molecule has 1 aromatic heterocycles. The smallest absolute Gasteiger partial charge is 0.250 e. The molecule has 3 N–H and O–H groups in total. The average molecular weight is 462 g/mol. The van der Waals surface area contributed by atoms with Crippen LogP contribution in [0.25, 0.3) is 11.1 Å². The van der Waals surface area contributed by atoms with Crippen LogP contribution in [0.3, 0.4) is 0 Å². The largest absolute Gasteiger partial charge is 0.393 e. The number of carbonyl (C=O) groups excluding carboxylic acids is 1. The summed E-state index contributed by atoms with van der Waals surface area (Å²) >= 11 is 0. The predicted molar refractivity (Wildman–Crippen MR) is 131 cm³/mol. The molecule has 2 aliphatic carbocycles. The second-order valence-electron chi connectivity index (χ2n) is 10.9. The van der Waals surface area contributed by atoms with Crippen LogP contribution in [0.2, 0.25) is 0 Å². The first-order valence-corrected chi connectivity index (χ1v) is 12.9. The number of likely N-dealkylation sites (tertiary alicyclic amines) is 1. The van der Waals surface area contributed by atoms with Gasteiger partial charge in [0.1, 0.15) is 0 Å². The Hall–Kier alpha value is -2.28. The summed E-state index contributed by atoms with van der Waals surface area (Å²) < 4.78 is 5.56. The van der Waals surface area contributed by atoms with E-state index in [1.165, 1.54) is 25.1 Å². The Labute approximate surface area is 201 Å². The Balaban J connectivity index is 1.20. The maximum Gasteiger partial charge on any atom is 0.250 e. The van der Waals surface area contributed by atoms with Gasteiger partial charge < -0.3 is 15.6 Å². The number of rotatable bonds is 5. The third-order valence-corrected chi connectivity index (χ3v) is 8.94. The minimum Gasteiger partial charge on any atom is -0.393 e. The molecule has 3 heterocycles. The molecule has 6 nitrogen and oxygen atoms in total. The van der Waals surface area contributed by atoms with E-state index in [9.17, 15) is 9.90 Å². The summed E-state index contributed by atoms with van der Waals surface area (Å²) in [6, 6.07) is 11.5. The number of pyridine rings is 1.